The van der Waals surface area contributed by atoms with E-state index in [4.69, 9.17) is 9.47 Å². The average molecular weight is 477 g/mol. The lowest BCUT2D eigenvalue weighted by atomic mass is 9.98. The van der Waals surface area contributed by atoms with Crippen LogP contribution in [0.2, 0.25) is 0 Å². The molecule has 35 heavy (non-hydrogen) atoms. The van der Waals surface area contributed by atoms with Crippen LogP contribution in [0.1, 0.15) is 33.9 Å². The zero-order valence-corrected chi connectivity index (χ0v) is 18.8. The fourth-order valence-corrected chi connectivity index (χ4v) is 4.13. The summed E-state index contributed by atoms with van der Waals surface area (Å²) in [4.78, 5) is 27.3. The average Bonchev–Trinajstić information content (AvgIpc) is 3.51. The number of likely N-dealkylation sites (N-methyl/N-ethyl adjacent to an activating group) is 1. The van der Waals surface area contributed by atoms with E-state index in [0.29, 0.717) is 29.2 Å². The maximum atomic E-state index is 13.6. The second-order valence-corrected chi connectivity index (χ2v) is 8.30. The Morgan fingerprint density at radius 3 is 2.54 bits per heavy atom. The molecule has 2 aliphatic heterocycles. The van der Waals surface area contributed by atoms with Crippen LogP contribution >= 0.6 is 0 Å². The van der Waals surface area contributed by atoms with Crippen molar-refractivity contribution in [3.8, 4) is 11.5 Å². The summed E-state index contributed by atoms with van der Waals surface area (Å²) in [6, 6.07) is 16.1. The first kappa shape index (κ1) is 22.5. The molecule has 0 spiro atoms. The Morgan fingerprint density at radius 2 is 1.77 bits per heavy atom. The van der Waals surface area contributed by atoms with Crippen LogP contribution in [0.4, 0.5) is 8.78 Å². The summed E-state index contributed by atoms with van der Waals surface area (Å²) in [5.74, 6) is -0.624. The fourth-order valence-electron chi connectivity index (χ4n) is 4.13. The van der Waals surface area contributed by atoms with Crippen LogP contribution in [-0.4, -0.2) is 47.8 Å². The molecule has 1 unspecified atom stereocenters. The highest BCUT2D eigenvalue weighted by atomic mass is 19.1. The Morgan fingerprint density at radius 1 is 1.00 bits per heavy atom. The van der Waals surface area contributed by atoms with Crippen LogP contribution in [0.25, 0.3) is 0 Å². The van der Waals surface area contributed by atoms with E-state index in [9.17, 15) is 18.4 Å². The molecule has 0 saturated heterocycles. The molecule has 0 fully saturated rings. The molecule has 0 bridgehead atoms. The van der Waals surface area contributed by atoms with Crippen molar-refractivity contribution >= 4 is 17.5 Å². The van der Waals surface area contributed by atoms with Gasteiger partial charge >= 0.3 is 0 Å². The zero-order valence-electron chi connectivity index (χ0n) is 18.8. The molecule has 0 aliphatic carbocycles. The molecule has 0 saturated carbocycles. The SMILES string of the molecule is CN(CC(=O)N1N=C(c2ccc(F)cc2)CC1c1ccc2c(c1)OCO2)C(=O)c1cccc(F)c1. The summed E-state index contributed by atoms with van der Waals surface area (Å²) < 4.78 is 37.9. The molecular weight excluding hydrogens is 456 g/mol. The van der Waals surface area contributed by atoms with Crippen molar-refractivity contribution in [3.63, 3.8) is 0 Å². The molecule has 0 aromatic heterocycles. The third-order valence-electron chi connectivity index (χ3n) is 5.92. The normalized spacial score (nSPS) is 16.3. The molecule has 2 aliphatic rings. The number of hydrogen-bond acceptors (Lipinski definition) is 5. The summed E-state index contributed by atoms with van der Waals surface area (Å²) in [5.41, 5.74) is 2.23. The number of hydrogen-bond donors (Lipinski definition) is 0. The summed E-state index contributed by atoms with van der Waals surface area (Å²) in [6.45, 7) is -0.146. The number of benzene rings is 3. The molecular formula is C26H21F2N3O4. The smallest absolute Gasteiger partial charge is 0.262 e. The summed E-state index contributed by atoms with van der Waals surface area (Å²) in [5, 5.41) is 5.89. The van der Waals surface area contributed by atoms with Crippen molar-refractivity contribution in [2.45, 2.75) is 12.5 Å². The van der Waals surface area contributed by atoms with Gasteiger partial charge in [-0.1, -0.05) is 24.3 Å². The van der Waals surface area contributed by atoms with Gasteiger partial charge in [-0.15, -0.1) is 0 Å². The summed E-state index contributed by atoms with van der Waals surface area (Å²) >= 11 is 0. The Kier molecular flexibility index (Phi) is 5.90. The zero-order chi connectivity index (χ0) is 24.5. The first-order valence-electron chi connectivity index (χ1n) is 10.9. The van der Waals surface area contributed by atoms with E-state index in [1.54, 1.807) is 24.3 Å². The minimum Gasteiger partial charge on any atom is -0.454 e. The van der Waals surface area contributed by atoms with Crippen LogP contribution in [-0.2, 0) is 4.79 Å². The van der Waals surface area contributed by atoms with Crippen molar-refractivity contribution in [1.29, 1.82) is 0 Å². The largest absolute Gasteiger partial charge is 0.454 e. The standard InChI is InChI=1S/C26H21F2N3O4/c1-30(26(33)18-3-2-4-20(28)11-18)14-25(32)31-22(17-7-10-23-24(12-17)35-15-34-23)13-21(29-31)16-5-8-19(27)9-6-16/h2-12,22H,13-15H2,1H3. The second-order valence-electron chi connectivity index (χ2n) is 8.30. The second kappa shape index (κ2) is 9.17. The summed E-state index contributed by atoms with van der Waals surface area (Å²) in [6.07, 6.45) is 0.387. The highest BCUT2D eigenvalue weighted by Gasteiger charge is 2.35. The van der Waals surface area contributed by atoms with Gasteiger partial charge in [0.25, 0.3) is 11.8 Å². The minimum absolute atomic E-state index is 0.121. The van der Waals surface area contributed by atoms with Crippen LogP contribution < -0.4 is 9.47 Å². The molecule has 2 amide bonds. The van der Waals surface area contributed by atoms with Gasteiger partial charge in [-0.25, -0.2) is 13.8 Å². The van der Waals surface area contributed by atoms with Gasteiger partial charge in [-0.05, 0) is 53.6 Å². The first-order valence-corrected chi connectivity index (χ1v) is 10.9. The molecule has 0 radical (unpaired) electrons. The number of carbonyl (C=O) groups excluding carboxylic acids is 2. The van der Waals surface area contributed by atoms with E-state index in [1.165, 1.54) is 47.3 Å². The van der Waals surface area contributed by atoms with Crippen molar-refractivity contribution in [3.05, 3.63) is 95.1 Å². The lowest BCUT2D eigenvalue weighted by Gasteiger charge is -2.25. The van der Waals surface area contributed by atoms with Crippen molar-refractivity contribution in [1.82, 2.24) is 9.91 Å². The van der Waals surface area contributed by atoms with Gasteiger partial charge in [0.15, 0.2) is 11.5 Å². The van der Waals surface area contributed by atoms with Crippen LogP contribution in [0.5, 0.6) is 11.5 Å². The van der Waals surface area contributed by atoms with Crippen LogP contribution in [0.3, 0.4) is 0 Å². The maximum Gasteiger partial charge on any atom is 0.262 e. The minimum atomic E-state index is -0.536. The van der Waals surface area contributed by atoms with Gasteiger partial charge in [0.05, 0.1) is 11.8 Å². The molecule has 9 heteroatoms. The molecule has 1 atom stereocenters. The Labute approximate surface area is 200 Å². The van der Waals surface area contributed by atoms with Gasteiger partial charge in [-0.2, -0.15) is 5.10 Å². The molecule has 7 nitrogen and oxygen atoms in total. The quantitative estimate of drug-likeness (QED) is 0.554. The van der Waals surface area contributed by atoms with E-state index >= 15 is 0 Å². The third-order valence-corrected chi connectivity index (χ3v) is 5.92. The van der Waals surface area contributed by atoms with E-state index in [-0.39, 0.29) is 24.7 Å². The van der Waals surface area contributed by atoms with Gasteiger partial charge in [-0.3, -0.25) is 9.59 Å². The molecule has 3 aromatic carbocycles. The topological polar surface area (TPSA) is 71.4 Å². The Bertz CT molecular complexity index is 1330. The number of fused-ring (bicyclic) bond motifs is 1. The molecule has 2 heterocycles. The van der Waals surface area contributed by atoms with Crippen molar-refractivity contribution in [2.24, 2.45) is 5.10 Å². The number of halogens is 2. The van der Waals surface area contributed by atoms with Crippen molar-refractivity contribution < 1.29 is 27.8 Å². The van der Waals surface area contributed by atoms with Crippen LogP contribution in [0, 0.1) is 11.6 Å². The maximum absolute atomic E-state index is 13.6. The van der Waals surface area contributed by atoms with Gasteiger partial charge in [0.1, 0.15) is 18.2 Å². The van der Waals surface area contributed by atoms with Crippen molar-refractivity contribution in [2.75, 3.05) is 20.4 Å². The Balaban J connectivity index is 1.41. The number of ether oxygens (including phenoxy) is 2. The number of rotatable bonds is 5. The Hall–Kier alpha value is -4.27. The number of carbonyl (C=O) groups is 2. The highest BCUT2D eigenvalue weighted by Crippen LogP contribution is 2.39. The molecule has 3 aromatic rings. The number of hydrazone groups is 1. The number of nitrogens with zero attached hydrogens (tertiary/aromatic N) is 3. The van der Waals surface area contributed by atoms with E-state index in [2.05, 4.69) is 5.10 Å². The van der Waals surface area contributed by atoms with Gasteiger partial charge < -0.3 is 14.4 Å². The fraction of sp³-hybridized carbons (Fsp3) is 0.192. The van der Waals surface area contributed by atoms with Crippen LogP contribution in [0.15, 0.2) is 71.8 Å². The predicted molar refractivity (Wildman–Crippen MR) is 123 cm³/mol. The third kappa shape index (κ3) is 4.57. The van der Waals surface area contributed by atoms with E-state index in [1.807, 2.05) is 6.07 Å². The predicted octanol–water partition coefficient (Wildman–Crippen LogP) is 4.14. The number of amides is 2. The van der Waals surface area contributed by atoms with Gasteiger partial charge in [0.2, 0.25) is 6.79 Å². The lowest BCUT2D eigenvalue weighted by Crippen LogP contribution is -2.39. The lowest BCUT2D eigenvalue weighted by molar-refractivity contribution is -0.133. The highest BCUT2D eigenvalue weighted by molar-refractivity contribution is 6.03. The van der Waals surface area contributed by atoms with E-state index in [0.717, 1.165) is 11.6 Å². The summed E-state index contributed by atoms with van der Waals surface area (Å²) in [7, 11) is 1.47. The molecule has 5 rings (SSSR count). The molecule has 0 N–H and O–H groups in total. The monoisotopic (exact) mass is 477 g/mol. The van der Waals surface area contributed by atoms with E-state index < -0.39 is 23.7 Å². The van der Waals surface area contributed by atoms with Gasteiger partial charge in [0, 0.05) is 19.0 Å². The first-order chi connectivity index (χ1) is 16.9. The molecule has 178 valence electrons.